The highest BCUT2D eigenvalue weighted by molar-refractivity contribution is 6.63. The van der Waals surface area contributed by atoms with Crippen molar-refractivity contribution in [1.29, 1.82) is 0 Å². The van der Waals surface area contributed by atoms with E-state index in [1.54, 1.807) is 13.8 Å². The summed E-state index contributed by atoms with van der Waals surface area (Å²) in [6.45, 7) is 33.8. The summed E-state index contributed by atoms with van der Waals surface area (Å²) in [5.74, 6) is -0.729. The number of carbonyl (C=O) groups is 4. The molecule has 0 aromatic carbocycles. The highest BCUT2D eigenvalue weighted by atomic mass is 35.5. The normalized spacial score (nSPS) is 13.6. The van der Waals surface area contributed by atoms with Crippen molar-refractivity contribution in [2.24, 2.45) is 40.1 Å². The molecule has 0 saturated carbocycles. The molecule has 0 aliphatic carbocycles. The number of unbranched alkanes of at least 4 members (excludes halogenated alkanes) is 12. The third-order valence-electron chi connectivity index (χ3n) is 16.0. The van der Waals surface area contributed by atoms with Crippen molar-refractivity contribution in [3.63, 3.8) is 0 Å². The number of nitrogens with zero attached hydrogens (tertiary/aromatic N) is 6. The summed E-state index contributed by atoms with van der Waals surface area (Å²) >= 11 is 5.07. The van der Waals surface area contributed by atoms with Crippen LogP contribution in [0.5, 0.6) is 0 Å². The van der Waals surface area contributed by atoms with Crippen molar-refractivity contribution >= 4 is 34.7 Å². The fourth-order valence-corrected chi connectivity index (χ4v) is 10.4. The Morgan fingerprint density at radius 2 is 0.667 bits per heavy atom. The number of carbonyl (C=O) groups excluding carboxylic acids is 4. The van der Waals surface area contributed by atoms with Gasteiger partial charge >= 0.3 is 11.9 Å². The maximum atomic E-state index is 12.0. The fraction of sp³-hybridized carbons (Fsp3) is 0.939. The van der Waals surface area contributed by atoms with E-state index in [0.717, 1.165) is 234 Å². The minimum atomic E-state index is -1.11. The molecule has 0 heterocycles. The highest BCUT2D eigenvalue weighted by Gasteiger charge is 2.24. The van der Waals surface area contributed by atoms with Gasteiger partial charge in [0.05, 0.1) is 25.3 Å². The van der Waals surface area contributed by atoms with Crippen molar-refractivity contribution in [2.75, 3.05) is 196 Å². The summed E-state index contributed by atoms with van der Waals surface area (Å²) in [6, 6.07) is 0. The van der Waals surface area contributed by atoms with E-state index in [-0.39, 0.29) is 24.2 Å². The van der Waals surface area contributed by atoms with E-state index >= 15 is 0 Å². The average Bonchev–Trinajstić information content (AvgIpc) is 3.73. The number of hydrogen-bond donors (Lipinski definition) is 14. The Hall–Kier alpha value is -2.39. The molecule has 26 nitrogen and oxygen atoms in total. The summed E-state index contributed by atoms with van der Waals surface area (Å²) in [5, 5.41) is 47.5. The molecule has 6 atom stereocenters. The Morgan fingerprint density at radius 1 is 0.366 bits per heavy atom. The van der Waals surface area contributed by atoms with Gasteiger partial charge in [0.25, 0.3) is 0 Å². The van der Waals surface area contributed by atoms with Crippen LogP contribution in [-0.4, -0.2) is 306 Å². The van der Waals surface area contributed by atoms with Crippen LogP contribution < -0.4 is 56.1 Å². The quantitative estimate of drug-likeness (QED) is 0.0227. The van der Waals surface area contributed by atoms with Gasteiger partial charge in [0, 0.05) is 150 Å². The highest BCUT2D eigenvalue weighted by Crippen LogP contribution is 2.10. The number of aliphatic hydroxyl groups excluding tert-OH is 4. The van der Waals surface area contributed by atoms with E-state index in [1.807, 2.05) is 0 Å². The second-order valence-corrected chi connectivity index (χ2v) is 25.1. The minimum Gasteiger partial charge on any atom is -0.459 e. The van der Waals surface area contributed by atoms with E-state index in [0.29, 0.717) is 65.2 Å². The molecule has 0 aromatic heterocycles. The molecular formula is C66H145ClN16O10. The Morgan fingerprint density at radius 3 is 0.968 bits per heavy atom. The summed E-state index contributed by atoms with van der Waals surface area (Å²) in [5.41, 5.74) is 40.5. The van der Waals surface area contributed by atoms with Crippen LogP contribution in [-0.2, 0) is 28.7 Å². The Labute approximate surface area is 569 Å². The van der Waals surface area contributed by atoms with Crippen LogP contribution in [0.1, 0.15) is 170 Å². The topological polar surface area (TPSA) is 405 Å². The number of nitrogens with one attached hydrogen (secondary N) is 3. The lowest BCUT2D eigenvalue weighted by Crippen LogP contribution is -2.41. The third kappa shape index (κ3) is 62.9. The van der Waals surface area contributed by atoms with Crippen LogP contribution in [0.25, 0.3) is 0 Å². The van der Waals surface area contributed by atoms with E-state index in [2.05, 4.69) is 59.2 Å². The third-order valence-corrected chi connectivity index (χ3v) is 16.2. The molecule has 0 spiro atoms. The summed E-state index contributed by atoms with van der Waals surface area (Å²) in [4.78, 5) is 60.5. The van der Waals surface area contributed by atoms with Crippen LogP contribution in [0, 0.1) is 0 Å². The molecule has 0 radical (unpaired) electrons. The van der Waals surface area contributed by atoms with Crippen LogP contribution in [0.3, 0.4) is 0 Å². The largest absolute Gasteiger partial charge is 0.459 e. The van der Waals surface area contributed by atoms with Gasteiger partial charge in [-0.15, -0.1) is 0 Å². The van der Waals surface area contributed by atoms with Gasteiger partial charge in [0.1, 0.15) is 24.4 Å². The minimum absolute atomic E-state index is 0.0465. The standard InChI is InChI=1S/C33H72N8O5.C27H62N8O4.C6H11ClO/c1-4-5-8-13-31(43)38-17-9-6-10-19-39(26-27-41(23-15-35)24-16-36)20-11-7-12-21-40(22-14-34)25-18-37-28-32(44)46-30(3)33(45)29(2)42;1-24(36)27(38)25(2)39-26(37)23-32-13-20-34(17-10-29)16-8-4-7-15-33(14-6-3-5-9-28)21-22-35(18-11-30)19-12-31;1-2-3-4-5-6(7)8/h29-30,33,37,42,45H,4-28,34-36H2,1-3H3,(H,38,43);24-25,27,32,36,38H,3-23,28-31H2,1-2H3;2-5H2,1H3/t29-,30+,33-;24-,25+,27-;/m11./s1. The first kappa shape index (κ1) is 94.8. The number of aliphatic hydroxyl groups is 4. The van der Waals surface area contributed by atoms with Crippen LogP contribution in [0.2, 0.25) is 0 Å². The van der Waals surface area contributed by atoms with Crippen molar-refractivity contribution in [3.8, 4) is 0 Å². The lowest BCUT2D eigenvalue weighted by Gasteiger charge is -2.27. The SMILES string of the molecule is CCCCCC(=O)Cl.CCCCCC(=O)NCCCCCN(CCCCCN(CCN)CCNCC(=O)O[C@@H](C)[C@H](O)[C@@H](C)O)CCN(CCN)CCN.C[C@H](OC(=O)CNCCN(CCN)CCCCCN(CCCCCN)CCN(CCN)CCN)[C@H](O)[C@@H](C)O. The van der Waals surface area contributed by atoms with Gasteiger partial charge in [-0.3, -0.25) is 29.0 Å². The number of esters is 2. The number of amides is 1. The lowest BCUT2D eigenvalue weighted by atomic mass is 10.1. The Balaban J connectivity index is -0.00000157. The van der Waals surface area contributed by atoms with Gasteiger partial charge in [0.15, 0.2) is 0 Å². The Bertz CT molecular complexity index is 1650. The van der Waals surface area contributed by atoms with E-state index in [1.165, 1.54) is 26.7 Å². The molecule has 0 aliphatic rings. The van der Waals surface area contributed by atoms with Gasteiger partial charge in [0.2, 0.25) is 11.1 Å². The van der Waals surface area contributed by atoms with E-state index in [4.69, 9.17) is 61.2 Å². The summed E-state index contributed by atoms with van der Waals surface area (Å²) < 4.78 is 10.3. The lowest BCUT2D eigenvalue weighted by molar-refractivity contribution is -0.157. The molecule has 0 aromatic rings. The van der Waals surface area contributed by atoms with E-state index < -0.39 is 48.6 Å². The first-order valence-corrected chi connectivity index (χ1v) is 36.3. The number of nitrogens with two attached hydrogens (primary N) is 7. The summed E-state index contributed by atoms with van der Waals surface area (Å²) in [7, 11) is 0. The monoisotopic (exact) mass is 1360 g/mol. The second-order valence-electron chi connectivity index (χ2n) is 24.6. The summed E-state index contributed by atoms with van der Waals surface area (Å²) in [6.07, 6.45) is 15.3. The predicted octanol–water partition coefficient (Wildman–Crippen LogP) is 0.731. The smallest absolute Gasteiger partial charge is 0.320 e. The molecule has 27 heteroatoms. The number of halogens is 1. The van der Waals surface area contributed by atoms with Crippen LogP contribution in [0.15, 0.2) is 0 Å². The maximum absolute atomic E-state index is 12.0. The number of hydrogen-bond acceptors (Lipinski definition) is 25. The van der Waals surface area contributed by atoms with Gasteiger partial charge in [-0.2, -0.15) is 0 Å². The molecule has 0 fully saturated rings. The molecule has 93 heavy (non-hydrogen) atoms. The molecule has 21 N–H and O–H groups in total. The second kappa shape index (κ2) is 69.5. The fourth-order valence-electron chi connectivity index (χ4n) is 10.3. The first-order chi connectivity index (χ1) is 44.7. The van der Waals surface area contributed by atoms with Crippen LogP contribution in [0.4, 0.5) is 0 Å². The first-order valence-electron chi connectivity index (χ1n) is 36.0. The maximum Gasteiger partial charge on any atom is 0.320 e. The van der Waals surface area contributed by atoms with Gasteiger partial charge < -0.3 is 106 Å². The predicted molar refractivity (Wildman–Crippen MR) is 382 cm³/mol. The van der Waals surface area contributed by atoms with E-state index in [9.17, 15) is 39.6 Å². The van der Waals surface area contributed by atoms with Crippen molar-refractivity contribution < 1.29 is 49.1 Å². The molecule has 556 valence electrons. The average molecular weight is 1360 g/mol. The zero-order chi connectivity index (χ0) is 70.1. The molecule has 0 bridgehead atoms. The number of rotatable bonds is 65. The molecule has 0 unspecified atom stereocenters. The van der Waals surface area contributed by atoms with Crippen LogP contribution >= 0.6 is 11.6 Å². The molecule has 0 saturated heterocycles. The van der Waals surface area contributed by atoms with Crippen molar-refractivity contribution in [1.82, 2.24) is 45.3 Å². The zero-order valence-corrected chi connectivity index (χ0v) is 60.4. The van der Waals surface area contributed by atoms with Crippen molar-refractivity contribution in [2.45, 2.75) is 207 Å². The molecule has 0 rings (SSSR count). The van der Waals surface area contributed by atoms with Crippen molar-refractivity contribution in [3.05, 3.63) is 0 Å². The number of ether oxygens (including phenoxy) is 2. The molecule has 0 aliphatic heterocycles. The molecular weight excluding hydrogens is 1210 g/mol. The molecule has 1 amide bonds. The zero-order valence-electron chi connectivity index (χ0n) is 59.7. The van der Waals surface area contributed by atoms with Gasteiger partial charge in [-0.25, -0.2) is 0 Å². The Kier molecular flexibility index (Phi) is 70.8. The van der Waals surface area contributed by atoms with Gasteiger partial charge in [-0.05, 0) is 149 Å². The van der Waals surface area contributed by atoms with Gasteiger partial charge in [-0.1, -0.05) is 65.2 Å².